The van der Waals surface area contributed by atoms with Crippen molar-refractivity contribution in [1.82, 2.24) is 9.80 Å². The first-order valence-electron chi connectivity index (χ1n) is 10.6. The standard InChI is InChI=1S/C26H29N3O/c1-21-7-5-6-10-25(21)27-26(30)24-13-11-23(12-14-24)20-29-17-15-28(16-18-29)19-22-8-3-2-4-9-22/h2-14H,15-20H2,1H3,(H,27,30). The molecular formula is C26H29N3O. The second-order valence-corrected chi connectivity index (χ2v) is 8.00. The zero-order valence-electron chi connectivity index (χ0n) is 17.6. The summed E-state index contributed by atoms with van der Waals surface area (Å²) in [5, 5.41) is 3.00. The van der Waals surface area contributed by atoms with Crippen LogP contribution in [0.15, 0.2) is 78.9 Å². The maximum absolute atomic E-state index is 12.5. The first-order chi connectivity index (χ1) is 14.7. The van der Waals surface area contributed by atoms with E-state index in [1.54, 1.807) is 0 Å². The molecule has 1 saturated heterocycles. The topological polar surface area (TPSA) is 35.6 Å². The Balaban J connectivity index is 1.27. The molecule has 3 aromatic carbocycles. The molecule has 0 spiro atoms. The number of anilines is 1. The zero-order valence-corrected chi connectivity index (χ0v) is 17.6. The van der Waals surface area contributed by atoms with Gasteiger partial charge in [0.25, 0.3) is 5.91 Å². The molecule has 0 aromatic heterocycles. The van der Waals surface area contributed by atoms with Crippen LogP contribution in [0.4, 0.5) is 5.69 Å². The van der Waals surface area contributed by atoms with Gasteiger partial charge < -0.3 is 5.32 Å². The molecule has 4 rings (SSSR count). The number of rotatable bonds is 6. The smallest absolute Gasteiger partial charge is 0.255 e. The molecule has 0 bridgehead atoms. The van der Waals surface area contributed by atoms with Crippen molar-refractivity contribution in [1.29, 1.82) is 0 Å². The SMILES string of the molecule is Cc1ccccc1NC(=O)c1ccc(CN2CCN(Cc3ccccc3)CC2)cc1. The molecule has 4 heteroatoms. The summed E-state index contributed by atoms with van der Waals surface area (Å²) >= 11 is 0. The van der Waals surface area contributed by atoms with Crippen LogP contribution in [0.3, 0.4) is 0 Å². The summed E-state index contributed by atoms with van der Waals surface area (Å²) < 4.78 is 0. The molecule has 4 nitrogen and oxygen atoms in total. The van der Waals surface area contributed by atoms with Gasteiger partial charge in [-0.1, -0.05) is 60.7 Å². The van der Waals surface area contributed by atoms with E-state index in [0.29, 0.717) is 5.56 Å². The van der Waals surface area contributed by atoms with Crippen LogP contribution in [0, 0.1) is 6.92 Å². The maximum atomic E-state index is 12.5. The molecule has 0 saturated carbocycles. The number of hydrogen-bond donors (Lipinski definition) is 1. The molecular weight excluding hydrogens is 370 g/mol. The van der Waals surface area contributed by atoms with Crippen molar-refractivity contribution < 1.29 is 4.79 Å². The minimum absolute atomic E-state index is 0.0645. The van der Waals surface area contributed by atoms with Gasteiger partial charge in [-0.05, 0) is 41.8 Å². The summed E-state index contributed by atoms with van der Waals surface area (Å²) in [4.78, 5) is 17.5. The van der Waals surface area contributed by atoms with E-state index >= 15 is 0 Å². The van der Waals surface area contributed by atoms with Gasteiger partial charge in [-0.2, -0.15) is 0 Å². The van der Waals surface area contributed by atoms with E-state index in [4.69, 9.17) is 0 Å². The van der Waals surface area contributed by atoms with E-state index in [2.05, 4.69) is 57.6 Å². The molecule has 1 N–H and O–H groups in total. The van der Waals surface area contributed by atoms with Crippen molar-refractivity contribution in [2.45, 2.75) is 20.0 Å². The Hall–Kier alpha value is -2.95. The Kier molecular flexibility index (Phi) is 6.57. The average Bonchev–Trinajstić information content (AvgIpc) is 2.78. The molecule has 1 amide bonds. The number of carbonyl (C=O) groups is 1. The van der Waals surface area contributed by atoms with Gasteiger partial charge in [0.2, 0.25) is 0 Å². The summed E-state index contributed by atoms with van der Waals surface area (Å²) in [6.07, 6.45) is 0. The molecule has 3 aromatic rings. The molecule has 30 heavy (non-hydrogen) atoms. The van der Waals surface area contributed by atoms with Crippen LogP contribution < -0.4 is 5.32 Å². The van der Waals surface area contributed by atoms with E-state index < -0.39 is 0 Å². The van der Waals surface area contributed by atoms with Gasteiger partial charge in [-0.25, -0.2) is 0 Å². The van der Waals surface area contributed by atoms with E-state index in [1.807, 2.05) is 43.3 Å². The number of benzene rings is 3. The van der Waals surface area contributed by atoms with E-state index in [-0.39, 0.29) is 5.91 Å². The molecule has 1 aliphatic rings. The fraction of sp³-hybridized carbons (Fsp3) is 0.269. The van der Waals surface area contributed by atoms with Crippen molar-refractivity contribution in [2.24, 2.45) is 0 Å². The van der Waals surface area contributed by atoms with Crippen LogP contribution in [-0.4, -0.2) is 41.9 Å². The Labute approximate surface area is 179 Å². The van der Waals surface area contributed by atoms with Gasteiger partial charge in [0.15, 0.2) is 0 Å². The van der Waals surface area contributed by atoms with Crippen LogP contribution >= 0.6 is 0 Å². The lowest BCUT2D eigenvalue weighted by Gasteiger charge is -2.34. The number of hydrogen-bond acceptors (Lipinski definition) is 3. The van der Waals surface area contributed by atoms with Crippen LogP contribution in [0.25, 0.3) is 0 Å². The average molecular weight is 400 g/mol. The van der Waals surface area contributed by atoms with Gasteiger partial charge in [0.05, 0.1) is 0 Å². The highest BCUT2D eigenvalue weighted by Crippen LogP contribution is 2.16. The summed E-state index contributed by atoms with van der Waals surface area (Å²) in [7, 11) is 0. The Morgan fingerprint density at radius 1 is 0.733 bits per heavy atom. The highest BCUT2D eigenvalue weighted by Gasteiger charge is 2.17. The van der Waals surface area contributed by atoms with Gasteiger partial charge >= 0.3 is 0 Å². The van der Waals surface area contributed by atoms with Crippen molar-refractivity contribution in [3.8, 4) is 0 Å². The van der Waals surface area contributed by atoms with Gasteiger partial charge in [0, 0.05) is 50.5 Å². The summed E-state index contributed by atoms with van der Waals surface area (Å²) in [5.41, 5.74) is 5.24. The summed E-state index contributed by atoms with van der Waals surface area (Å²) in [6.45, 7) is 8.28. The fourth-order valence-corrected chi connectivity index (χ4v) is 3.87. The molecule has 1 heterocycles. The number of nitrogens with zero attached hydrogens (tertiary/aromatic N) is 2. The first kappa shape index (κ1) is 20.3. The molecule has 0 radical (unpaired) electrons. The monoisotopic (exact) mass is 399 g/mol. The van der Waals surface area contributed by atoms with Gasteiger partial charge in [-0.15, -0.1) is 0 Å². The van der Waals surface area contributed by atoms with Gasteiger partial charge in [-0.3, -0.25) is 14.6 Å². The van der Waals surface area contributed by atoms with Crippen LogP contribution in [-0.2, 0) is 13.1 Å². The van der Waals surface area contributed by atoms with Crippen LogP contribution in [0.5, 0.6) is 0 Å². The number of carbonyl (C=O) groups excluding carboxylic acids is 1. The largest absolute Gasteiger partial charge is 0.322 e. The van der Waals surface area contributed by atoms with Crippen LogP contribution in [0.1, 0.15) is 27.0 Å². The molecule has 0 aliphatic carbocycles. The third kappa shape index (κ3) is 5.35. The molecule has 154 valence electrons. The first-order valence-corrected chi connectivity index (χ1v) is 10.6. The predicted molar refractivity (Wildman–Crippen MR) is 123 cm³/mol. The quantitative estimate of drug-likeness (QED) is 0.660. The summed E-state index contributed by atoms with van der Waals surface area (Å²) in [5.74, 6) is -0.0645. The van der Waals surface area contributed by atoms with Crippen molar-refractivity contribution in [3.05, 3.63) is 101 Å². The van der Waals surface area contributed by atoms with E-state index in [9.17, 15) is 4.79 Å². The lowest BCUT2D eigenvalue weighted by atomic mass is 10.1. The third-order valence-corrected chi connectivity index (χ3v) is 5.73. The highest BCUT2D eigenvalue weighted by molar-refractivity contribution is 6.04. The lowest BCUT2D eigenvalue weighted by Crippen LogP contribution is -2.45. The number of nitrogens with one attached hydrogen (secondary N) is 1. The number of amides is 1. The Morgan fingerprint density at radius 3 is 1.87 bits per heavy atom. The maximum Gasteiger partial charge on any atom is 0.255 e. The molecule has 1 fully saturated rings. The Bertz CT molecular complexity index is 961. The predicted octanol–water partition coefficient (Wildman–Crippen LogP) is 4.57. The lowest BCUT2D eigenvalue weighted by molar-refractivity contribution is 0.102. The van der Waals surface area contributed by atoms with E-state index in [1.165, 1.54) is 11.1 Å². The number of aryl methyl sites for hydroxylation is 1. The van der Waals surface area contributed by atoms with Crippen molar-refractivity contribution >= 4 is 11.6 Å². The molecule has 0 atom stereocenters. The molecule has 1 aliphatic heterocycles. The normalized spacial score (nSPS) is 15.1. The summed E-state index contributed by atoms with van der Waals surface area (Å²) in [6, 6.07) is 26.5. The Morgan fingerprint density at radius 2 is 1.27 bits per heavy atom. The number of piperazine rings is 1. The zero-order chi connectivity index (χ0) is 20.8. The van der Waals surface area contributed by atoms with Crippen LogP contribution in [0.2, 0.25) is 0 Å². The second-order valence-electron chi connectivity index (χ2n) is 8.00. The number of para-hydroxylation sites is 1. The van der Waals surface area contributed by atoms with Crippen molar-refractivity contribution in [2.75, 3.05) is 31.5 Å². The van der Waals surface area contributed by atoms with E-state index in [0.717, 1.165) is 50.5 Å². The molecule has 0 unspecified atom stereocenters. The second kappa shape index (κ2) is 9.70. The minimum Gasteiger partial charge on any atom is -0.322 e. The highest BCUT2D eigenvalue weighted by atomic mass is 16.1. The third-order valence-electron chi connectivity index (χ3n) is 5.73. The fourth-order valence-electron chi connectivity index (χ4n) is 3.87. The minimum atomic E-state index is -0.0645. The van der Waals surface area contributed by atoms with Crippen molar-refractivity contribution in [3.63, 3.8) is 0 Å². The van der Waals surface area contributed by atoms with Gasteiger partial charge in [0.1, 0.15) is 0 Å².